The van der Waals surface area contributed by atoms with Crippen molar-refractivity contribution in [3.8, 4) is 0 Å². The molecule has 2 amide bonds. The van der Waals surface area contributed by atoms with Gasteiger partial charge in [-0.25, -0.2) is 12.8 Å². The van der Waals surface area contributed by atoms with E-state index in [1.165, 1.54) is 78.6 Å². The molecule has 0 spiro atoms. The highest BCUT2D eigenvalue weighted by molar-refractivity contribution is 7.92. The summed E-state index contributed by atoms with van der Waals surface area (Å²) in [5.41, 5.74) is 0.0604. The van der Waals surface area contributed by atoms with Gasteiger partial charge in [-0.2, -0.15) is 0 Å². The van der Waals surface area contributed by atoms with E-state index in [1.807, 2.05) is 0 Å². The third-order valence-corrected chi connectivity index (χ3v) is 7.59. The van der Waals surface area contributed by atoms with Crippen LogP contribution in [0.5, 0.6) is 0 Å². The lowest BCUT2D eigenvalue weighted by Gasteiger charge is -2.32. The van der Waals surface area contributed by atoms with Crippen molar-refractivity contribution < 1.29 is 27.3 Å². The number of amides is 2. The minimum Gasteiger partial charge on any atom is -0.352 e. The van der Waals surface area contributed by atoms with E-state index < -0.39 is 45.2 Å². The number of anilines is 1. The predicted octanol–water partition coefficient (Wildman–Crippen LogP) is 3.87. The topological polar surface area (TPSA) is 130 Å². The molecule has 0 saturated carbocycles. The van der Waals surface area contributed by atoms with Crippen LogP contribution < -0.4 is 9.62 Å². The van der Waals surface area contributed by atoms with Gasteiger partial charge in [0.2, 0.25) is 11.8 Å². The minimum atomic E-state index is -4.36. The molecule has 1 N–H and O–H groups in total. The number of non-ortho nitro benzene ring substituents is 1. The molecule has 0 heterocycles. The van der Waals surface area contributed by atoms with Crippen LogP contribution >= 0.6 is 0 Å². The Hall–Kier alpha value is -4.32. The molecule has 1 unspecified atom stereocenters. The number of nitrogens with zero attached hydrogens (tertiary/aromatic N) is 3. The molecule has 0 saturated heterocycles. The number of benzene rings is 3. The zero-order valence-electron chi connectivity index (χ0n) is 21.7. The predicted molar refractivity (Wildman–Crippen MR) is 144 cm³/mol. The van der Waals surface area contributed by atoms with Gasteiger partial charge in [0.25, 0.3) is 15.7 Å². The average molecular weight is 557 g/mol. The van der Waals surface area contributed by atoms with Crippen molar-refractivity contribution in [3.05, 3.63) is 100 Å². The zero-order valence-corrected chi connectivity index (χ0v) is 22.5. The summed E-state index contributed by atoms with van der Waals surface area (Å²) in [6.45, 7) is 4.15. The summed E-state index contributed by atoms with van der Waals surface area (Å²) in [5.74, 6) is -1.68. The highest BCUT2D eigenvalue weighted by Crippen LogP contribution is 2.27. The smallest absolute Gasteiger partial charge is 0.271 e. The maximum Gasteiger partial charge on any atom is 0.271 e. The van der Waals surface area contributed by atoms with E-state index >= 15 is 0 Å². The monoisotopic (exact) mass is 556 g/mol. The van der Waals surface area contributed by atoms with E-state index in [-0.39, 0.29) is 28.9 Å². The summed E-state index contributed by atoms with van der Waals surface area (Å²) in [6.07, 6.45) is 0. The number of nitrogens with one attached hydrogen (secondary N) is 1. The molecule has 3 aromatic rings. The SMILES string of the molecule is CC(C)NC(=O)C(C)N(Cc1ccc(F)cc1)C(=O)CN(c1cccc([N+](=O)[O-])c1)S(=O)(=O)c1ccccc1. The minimum absolute atomic E-state index is 0.0950. The summed E-state index contributed by atoms with van der Waals surface area (Å²) in [7, 11) is -4.36. The number of sulfonamides is 1. The third-order valence-electron chi connectivity index (χ3n) is 5.80. The Balaban J connectivity index is 2.06. The molecule has 206 valence electrons. The first-order valence-corrected chi connectivity index (χ1v) is 13.5. The Morgan fingerprint density at radius 1 is 0.974 bits per heavy atom. The maximum absolute atomic E-state index is 13.8. The number of halogens is 1. The van der Waals surface area contributed by atoms with Crippen LogP contribution in [-0.4, -0.2) is 48.7 Å². The lowest BCUT2D eigenvalue weighted by Crippen LogP contribution is -2.52. The molecule has 3 rings (SSSR count). The Morgan fingerprint density at radius 3 is 2.21 bits per heavy atom. The van der Waals surface area contributed by atoms with Crippen LogP contribution in [0.1, 0.15) is 26.3 Å². The molecule has 0 aromatic heterocycles. The number of hydrogen-bond acceptors (Lipinski definition) is 6. The Morgan fingerprint density at radius 2 is 1.62 bits per heavy atom. The fourth-order valence-electron chi connectivity index (χ4n) is 3.78. The van der Waals surface area contributed by atoms with Crippen molar-refractivity contribution in [1.29, 1.82) is 0 Å². The van der Waals surface area contributed by atoms with Crippen molar-refractivity contribution in [1.82, 2.24) is 10.2 Å². The molecular formula is C27H29FN4O6S. The Labute approximate surface area is 226 Å². The van der Waals surface area contributed by atoms with Gasteiger partial charge in [-0.05, 0) is 56.7 Å². The fraction of sp³-hybridized carbons (Fsp3) is 0.259. The molecule has 1 atom stereocenters. The quantitative estimate of drug-likeness (QED) is 0.282. The zero-order chi connectivity index (χ0) is 28.7. The molecule has 0 fully saturated rings. The molecule has 0 aliphatic heterocycles. The van der Waals surface area contributed by atoms with E-state index in [9.17, 15) is 32.5 Å². The van der Waals surface area contributed by atoms with Crippen molar-refractivity contribution in [2.24, 2.45) is 0 Å². The van der Waals surface area contributed by atoms with E-state index in [0.717, 1.165) is 10.4 Å². The molecule has 0 bridgehead atoms. The number of nitro benzene ring substituents is 1. The van der Waals surface area contributed by atoms with Crippen molar-refractivity contribution in [2.75, 3.05) is 10.8 Å². The van der Waals surface area contributed by atoms with Crippen LogP contribution in [0.4, 0.5) is 15.8 Å². The van der Waals surface area contributed by atoms with Gasteiger partial charge in [0.1, 0.15) is 18.4 Å². The Kier molecular flexibility index (Phi) is 9.36. The van der Waals surface area contributed by atoms with Crippen LogP contribution in [0.25, 0.3) is 0 Å². The first kappa shape index (κ1) is 29.2. The number of carbonyl (C=O) groups is 2. The second kappa shape index (κ2) is 12.5. The van der Waals surface area contributed by atoms with Gasteiger partial charge in [0.15, 0.2) is 0 Å². The van der Waals surface area contributed by atoms with E-state index in [4.69, 9.17) is 0 Å². The van der Waals surface area contributed by atoms with E-state index in [0.29, 0.717) is 5.56 Å². The molecule has 0 radical (unpaired) electrons. The van der Waals surface area contributed by atoms with Gasteiger partial charge in [-0.1, -0.05) is 36.4 Å². The van der Waals surface area contributed by atoms with Crippen LogP contribution in [0.3, 0.4) is 0 Å². The summed E-state index contributed by atoms with van der Waals surface area (Å²) in [6, 6.07) is 16.4. The summed E-state index contributed by atoms with van der Waals surface area (Å²) < 4.78 is 41.6. The normalized spacial score (nSPS) is 12.0. The highest BCUT2D eigenvalue weighted by Gasteiger charge is 2.33. The van der Waals surface area contributed by atoms with Crippen molar-refractivity contribution in [2.45, 2.75) is 44.3 Å². The second-order valence-corrected chi connectivity index (χ2v) is 11.0. The van der Waals surface area contributed by atoms with Crippen LogP contribution in [0.2, 0.25) is 0 Å². The number of nitro groups is 1. The Bertz CT molecular complexity index is 1430. The molecule has 3 aromatic carbocycles. The lowest BCUT2D eigenvalue weighted by atomic mass is 10.1. The van der Waals surface area contributed by atoms with Crippen molar-refractivity contribution in [3.63, 3.8) is 0 Å². The van der Waals surface area contributed by atoms with E-state index in [2.05, 4.69) is 5.32 Å². The third kappa shape index (κ3) is 7.38. The first-order valence-electron chi connectivity index (χ1n) is 12.1. The van der Waals surface area contributed by atoms with Crippen LogP contribution in [-0.2, 0) is 26.2 Å². The molecule has 10 nitrogen and oxygen atoms in total. The van der Waals surface area contributed by atoms with Gasteiger partial charge in [-0.15, -0.1) is 0 Å². The fourth-order valence-corrected chi connectivity index (χ4v) is 5.21. The first-order chi connectivity index (χ1) is 18.4. The number of rotatable bonds is 11. The van der Waals surface area contributed by atoms with Gasteiger partial charge in [-0.3, -0.25) is 24.0 Å². The van der Waals surface area contributed by atoms with Gasteiger partial charge >= 0.3 is 0 Å². The molecule has 0 aliphatic carbocycles. The number of carbonyl (C=O) groups excluding carboxylic acids is 2. The summed E-state index contributed by atoms with van der Waals surface area (Å²) in [5, 5.41) is 14.1. The van der Waals surface area contributed by atoms with Crippen molar-refractivity contribution >= 4 is 33.2 Å². The highest BCUT2D eigenvalue weighted by atomic mass is 32.2. The molecular weight excluding hydrogens is 527 g/mol. The van der Waals surface area contributed by atoms with Gasteiger partial charge in [0, 0.05) is 24.7 Å². The molecule has 0 aliphatic rings. The maximum atomic E-state index is 13.8. The molecule has 39 heavy (non-hydrogen) atoms. The average Bonchev–Trinajstić information content (AvgIpc) is 2.91. The van der Waals surface area contributed by atoms with E-state index in [1.54, 1.807) is 19.9 Å². The second-order valence-electron chi connectivity index (χ2n) is 9.09. The largest absolute Gasteiger partial charge is 0.352 e. The standard InChI is InChI=1S/C27H29FN4O6S/c1-19(2)29-27(34)20(3)30(17-21-12-14-22(28)15-13-21)26(33)18-31(23-8-7-9-24(16-23)32(35)36)39(37,38)25-10-5-4-6-11-25/h4-16,19-20H,17-18H2,1-3H3,(H,29,34). The van der Waals surface area contributed by atoms with Gasteiger partial charge < -0.3 is 10.2 Å². The summed E-state index contributed by atoms with van der Waals surface area (Å²) >= 11 is 0. The molecule has 12 heteroatoms. The number of hydrogen-bond donors (Lipinski definition) is 1. The van der Waals surface area contributed by atoms with Gasteiger partial charge in [0.05, 0.1) is 15.5 Å². The van der Waals surface area contributed by atoms with Crippen LogP contribution in [0, 0.1) is 15.9 Å². The lowest BCUT2D eigenvalue weighted by molar-refractivity contribution is -0.384. The summed E-state index contributed by atoms with van der Waals surface area (Å²) in [4.78, 5) is 38.4. The van der Waals surface area contributed by atoms with Crippen LogP contribution in [0.15, 0.2) is 83.8 Å².